The lowest BCUT2D eigenvalue weighted by molar-refractivity contribution is -0.135. The maximum atomic E-state index is 11.0. The van der Waals surface area contributed by atoms with Crippen LogP contribution in [-0.4, -0.2) is 21.8 Å². The molecule has 0 spiro atoms. The van der Waals surface area contributed by atoms with Crippen molar-refractivity contribution >= 4 is 5.97 Å². The minimum absolute atomic E-state index is 0.129. The van der Waals surface area contributed by atoms with E-state index in [0.717, 1.165) is 37.7 Å². The van der Waals surface area contributed by atoms with Crippen LogP contribution in [0.25, 0.3) is 0 Å². The summed E-state index contributed by atoms with van der Waals surface area (Å²) in [4.78, 5) is 11.0. The van der Waals surface area contributed by atoms with Crippen LogP contribution >= 0.6 is 0 Å². The Bertz CT molecular complexity index is 412. The average molecular weight is 250 g/mol. The Kier molecular flexibility index (Phi) is 3.14. The molecule has 3 heteroatoms. The Labute approximate surface area is 108 Å². The second-order valence-corrected chi connectivity index (χ2v) is 6.15. The number of rotatable bonds is 2. The summed E-state index contributed by atoms with van der Waals surface area (Å²) in [5.74, 6) is -1.08. The molecule has 0 saturated heterocycles. The molecule has 2 aliphatic carbocycles. The second-order valence-electron chi connectivity index (χ2n) is 6.15. The van der Waals surface area contributed by atoms with Gasteiger partial charge in [-0.05, 0) is 50.0 Å². The summed E-state index contributed by atoms with van der Waals surface area (Å²) in [6.07, 6.45) is 5.03. The van der Waals surface area contributed by atoms with Crippen molar-refractivity contribution in [2.24, 2.45) is 11.3 Å². The van der Waals surface area contributed by atoms with E-state index in [1.807, 2.05) is 0 Å². The van der Waals surface area contributed by atoms with E-state index >= 15 is 0 Å². The van der Waals surface area contributed by atoms with Crippen LogP contribution in [0, 0.1) is 11.3 Å². The van der Waals surface area contributed by atoms with Gasteiger partial charge in [0.15, 0.2) is 0 Å². The Hall–Kier alpha value is -1.09. The molecule has 18 heavy (non-hydrogen) atoms. The van der Waals surface area contributed by atoms with Crippen molar-refractivity contribution in [3.05, 3.63) is 24.3 Å². The van der Waals surface area contributed by atoms with Crippen LogP contribution in [-0.2, 0) is 4.79 Å². The molecule has 0 heterocycles. The fourth-order valence-corrected chi connectivity index (χ4v) is 3.68. The Morgan fingerprint density at radius 2 is 2.11 bits per heavy atom. The maximum absolute atomic E-state index is 11.0. The van der Waals surface area contributed by atoms with E-state index in [-0.39, 0.29) is 16.9 Å². The summed E-state index contributed by atoms with van der Waals surface area (Å²) >= 11 is 0. The van der Waals surface area contributed by atoms with Crippen molar-refractivity contribution in [2.75, 3.05) is 0 Å². The molecular formula is C15H22O3. The molecule has 2 N–H and O–H groups in total. The molecule has 2 fully saturated rings. The van der Waals surface area contributed by atoms with Crippen LogP contribution in [0.15, 0.2) is 24.3 Å². The van der Waals surface area contributed by atoms with Gasteiger partial charge in [-0.1, -0.05) is 20.1 Å². The summed E-state index contributed by atoms with van der Waals surface area (Å²) in [7, 11) is 0. The van der Waals surface area contributed by atoms with Gasteiger partial charge in [-0.2, -0.15) is 0 Å². The zero-order chi connectivity index (χ0) is 13.6. The smallest absolute Gasteiger partial charge is 0.331 e. The fraction of sp³-hybridized carbons (Fsp3) is 0.667. The number of carboxylic acid groups (broad SMARTS) is 1. The highest BCUT2D eigenvalue weighted by Gasteiger charge is 2.54. The van der Waals surface area contributed by atoms with Crippen LogP contribution < -0.4 is 0 Å². The van der Waals surface area contributed by atoms with Gasteiger partial charge in [-0.25, -0.2) is 4.79 Å². The Balaban J connectivity index is 2.26. The summed E-state index contributed by atoms with van der Waals surface area (Å²) in [6.45, 7) is 9.79. The summed E-state index contributed by atoms with van der Waals surface area (Å²) < 4.78 is 0. The van der Waals surface area contributed by atoms with Gasteiger partial charge >= 0.3 is 5.97 Å². The lowest BCUT2D eigenvalue weighted by Gasteiger charge is -2.55. The molecule has 0 radical (unpaired) electrons. The summed E-state index contributed by atoms with van der Waals surface area (Å²) in [5.41, 5.74) is 0.0486. The molecule has 0 aliphatic heterocycles. The van der Waals surface area contributed by atoms with Gasteiger partial charge in [-0.3, -0.25) is 0 Å². The predicted octanol–water partition coefficient (Wildman–Crippen LogP) is 2.90. The van der Waals surface area contributed by atoms with Crippen LogP contribution in [0.2, 0.25) is 0 Å². The zero-order valence-corrected chi connectivity index (χ0v) is 11.0. The van der Waals surface area contributed by atoms with Crippen molar-refractivity contribution in [3.8, 4) is 0 Å². The van der Waals surface area contributed by atoms with E-state index < -0.39 is 11.6 Å². The summed E-state index contributed by atoms with van der Waals surface area (Å²) in [5, 5.41) is 20.0. The van der Waals surface area contributed by atoms with Gasteiger partial charge in [0.1, 0.15) is 0 Å². The third kappa shape index (κ3) is 1.81. The lowest BCUT2D eigenvalue weighted by atomic mass is 9.53. The fourth-order valence-electron chi connectivity index (χ4n) is 3.68. The number of hydrogen-bond donors (Lipinski definition) is 2. The highest BCUT2D eigenvalue weighted by atomic mass is 16.4. The monoisotopic (exact) mass is 250 g/mol. The SMILES string of the molecule is C=C(C(=O)O)[C@H]1CC[C@]2(C)CCCC(=C)[C@@]2(O)C1. The number of hydrogen-bond acceptors (Lipinski definition) is 2. The predicted molar refractivity (Wildman–Crippen MR) is 70.2 cm³/mol. The van der Waals surface area contributed by atoms with Gasteiger partial charge in [0.25, 0.3) is 0 Å². The number of aliphatic hydroxyl groups is 1. The quantitative estimate of drug-likeness (QED) is 0.585. The van der Waals surface area contributed by atoms with Crippen LogP contribution in [0.3, 0.4) is 0 Å². The molecule has 3 nitrogen and oxygen atoms in total. The molecule has 0 amide bonds. The van der Waals surface area contributed by atoms with Gasteiger partial charge in [0, 0.05) is 11.0 Å². The molecule has 2 aliphatic rings. The molecule has 0 aromatic carbocycles. The van der Waals surface area contributed by atoms with Crippen LogP contribution in [0.4, 0.5) is 0 Å². The second kappa shape index (κ2) is 4.23. The van der Waals surface area contributed by atoms with Crippen molar-refractivity contribution in [3.63, 3.8) is 0 Å². The molecule has 0 bridgehead atoms. The molecule has 0 aromatic heterocycles. The highest BCUT2D eigenvalue weighted by molar-refractivity contribution is 5.86. The molecule has 2 saturated carbocycles. The maximum Gasteiger partial charge on any atom is 0.331 e. The number of carboxylic acids is 1. The van der Waals surface area contributed by atoms with E-state index in [1.165, 1.54) is 0 Å². The summed E-state index contributed by atoms with van der Waals surface area (Å²) in [6, 6.07) is 0. The number of aliphatic carboxylic acids is 1. The normalized spacial score (nSPS) is 40.1. The minimum atomic E-state index is -0.950. The average Bonchev–Trinajstić information content (AvgIpc) is 2.30. The van der Waals surface area contributed by atoms with Gasteiger partial charge < -0.3 is 10.2 Å². The Morgan fingerprint density at radius 1 is 1.44 bits per heavy atom. The Morgan fingerprint density at radius 3 is 2.72 bits per heavy atom. The van der Waals surface area contributed by atoms with E-state index in [4.69, 9.17) is 5.11 Å². The largest absolute Gasteiger partial charge is 0.478 e. The molecule has 0 aromatic rings. The number of fused-ring (bicyclic) bond motifs is 1. The van der Waals surface area contributed by atoms with Gasteiger partial charge in [-0.15, -0.1) is 0 Å². The van der Waals surface area contributed by atoms with Crippen molar-refractivity contribution < 1.29 is 15.0 Å². The van der Waals surface area contributed by atoms with Gasteiger partial charge in [0.05, 0.1) is 5.60 Å². The van der Waals surface area contributed by atoms with Crippen molar-refractivity contribution in [1.82, 2.24) is 0 Å². The van der Waals surface area contributed by atoms with E-state index in [9.17, 15) is 9.90 Å². The first-order chi connectivity index (χ1) is 8.30. The first kappa shape index (κ1) is 13.3. The van der Waals surface area contributed by atoms with E-state index in [1.54, 1.807) is 0 Å². The molecule has 2 rings (SSSR count). The number of carbonyl (C=O) groups is 1. The highest BCUT2D eigenvalue weighted by Crippen LogP contribution is 2.56. The minimum Gasteiger partial charge on any atom is -0.478 e. The third-order valence-corrected chi connectivity index (χ3v) is 5.14. The van der Waals surface area contributed by atoms with Crippen molar-refractivity contribution in [1.29, 1.82) is 0 Å². The van der Waals surface area contributed by atoms with Crippen LogP contribution in [0.1, 0.15) is 45.4 Å². The first-order valence-corrected chi connectivity index (χ1v) is 6.63. The topological polar surface area (TPSA) is 57.5 Å². The first-order valence-electron chi connectivity index (χ1n) is 6.63. The zero-order valence-electron chi connectivity index (χ0n) is 11.0. The standard InChI is InChI=1S/C15H22O3/c1-10-5-4-7-14(3)8-6-12(9-15(10,14)18)11(2)13(16)17/h12,18H,1-2,4-9H2,3H3,(H,16,17)/t12-,14-,15-/m0/s1. The molecule has 3 atom stereocenters. The van der Waals surface area contributed by atoms with Crippen molar-refractivity contribution in [2.45, 2.75) is 51.0 Å². The van der Waals surface area contributed by atoms with Gasteiger partial charge in [0.2, 0.25) is 0 Å². The van der Waals surface area contributed by atoms with E-state index in [0.29, 0.717) is 6.42 Å². The van der Waals surface area contributed by atoms with Crippen LogP contribution in [0.5, 0.6) is 0 Å². The van der Waals surface area contributed by atoms with E-state index in [2.05, 4.69) is 20.1 Å². The lowest BCUT2D eigenvalue weighted by Crippen LogP contribution is -2.54. The molecular weight excluding hydrogens is 228 g/mol. The third-order valence-electron chi connectivity index (χ3n) is 5.14. The molecule has 0 unspecified atom stereocenters. The molecule has 100 valence electrons.